The first-order valence-corrected chi connectivity index (χ1v) is 5.47. The highest BCUT2D eigenvalue weighted by Gasteiger charge is 1.89. The van der Waals surface area contributed by atoms with Gasteiger partial charge in [-0.25, -0.2) is 0 Å². The van der Waals surface area contributed by atoms with Crippen LogP contribution in [0.15, 0.2) is 10.3 Å². The summed E-state index contributed by atoms with van der Waals surface area (Å²) in [6.07, 6.45) is 0. The van der Waals surface area contributed by atoms with Gasteiger partial charge < -0.3 is 10.2 Å². The van der Waals surface area contributed by atoms with E-state index in [4.69, 9.17) is 10.2 Å². The summed E-state index contributed by atoms with van der Waals surface area (Å²) in [5.74, 6) is 1.50. The average Bonchev–Trinajstić information content (AvgIpc) is 2.01. The molecule has 0 unspecified atom stereocenters. The van der Waals surface area contributed by atoms with Gasteiger partial charge in [-0.1, -0.05) is 0 Å². The average molecular weight is 194 g/mol. The van der Waals surface area contributed by atoms with E-state index >= 15 is 0 Å². The molecule has 11 heavy (non-hydrogen) atoms. The summed E-state index contributed by atoms with van der Waals surface area (Å²) >= 11 is 3.23. The molecule has 2 nitrogen and oxygen atoms in total. The van der Waals surface area contributed by atoms with Gasteiger partial charge in [0.2, 0.25) is 0 Å². The first kappa shape index (κ1) is 11.4. The van der Waals surface area contributed by atoms with Crippen molar-refractivity contribution in [3.63, 3.8) is 0 Å². The van der Waals surface area contributed by atoms with Crippen LogP contribution < -0.4 is 0 Å². The Morgan fingerprint density at radius 1 is 1.27 bits per heavy atom. The van der Waals surface area contributed by atoms with Gasteiger partial charge in [0.05, 0.1) is 13.2 Å². The van der Waals surface area contributed by atoms with Crippen LogP contribution in [0.2, 0.25) is 0 Å². The van der Waals surface area contributed by atoms with Gasteiger partial charge in [-0.15, -0.1) is 23.5 Å². The molecule has 0 atom stereocenters. The van der Waals surface area contributed by atoms with Crippen molar-refractivity contribution >= 4 is 23.5 Å². The van der Waals surface area contributed by atoms with Crippen molar-refractivity contribution in [1.29, 1.82) is 0 Å². The Morgan fingerprint density at radius 2 is 1.91 bits per heavy atom. The Labute approximate surface area is 76.1 Å². The molecule has 0 aliphatic carbocycles. The lowest BCUT2D eigenvalue weighted by Gasteiger charge is -1.97. The zero-order valence-electron chi connectivity index (χ0n) is 6.62. The van der Waals surface area contributed by atoms with Crippen LogP contribution in [-0.2, 0) is 0 Å². The highest BCUT2D eigenvalue weighted by atomic mass is 32.2. The molecule has 0 aliphatic heterocycles. The van der Waals surface area contributed by atoms with Crippen molar-refractivity contribution in [2.75, 3.05) is 24.7 Å². The molecule has 4 heteroatoms. The van der Waals surface area contributed by atoms with Crippen molar-refractivity contribution in [1.82, 2.24) is 0 Å². The van der Waals surface area contributed by atoms with E-state index in [-0.39, 0.29) is 13.2 Å². The molecular weight excluding hydrogens is 180 g/mol. The standard InChI is InChI=1S/C7H14O2S2/c1-7(11-5-3-9)6-10-4-2-8/h6,8-9H,2-5H2,1H3/b7-6+. The van der Waals surface area contributed by atoms with Gasteiger partial charge in [0.15, 0.2) is 0 Å². The number of aliphatic hydroxyl groups excluding tert-OH is 2. The second-order valence-electron chi connectivity index (χ2n) is 1.89. The first-order chi connectivity index (χ1) is 5.31. The topological polar surface area (TPSA) is 40.5 Å². The van der Waals surface area contributed by atoms with Crippen LogP contribution in [0.4, 0.5) is 0 Å². The summed E-state index contributed by atoms with van der Waals surface area (Å²) in [5, 5.41) is 19.0. The maximum absolute atomic E-state index is 8.49. The quantitative estimate of drug-likeness (QED) is 0.625. The van der Waals surface area contributed by atoms with Crippen LogP contribution >= 0.6 is 23.5 Å². The number of thioether (sulfide) groups is 2. The lowest BCUT2D eigenvalue weighted by atomic mass is 10.7. The van der Waals surface area contributed by atoms with Gasteiger partial charge in [0.25, 0.3) is 0 Å². The maximum atomic E-state index is 8.49. The third-order valence-corrected chi connectivity index (χ3v) is 2.93. The summed E-state index contributed by atoms with van der Waals surface area (Å²) in [7, 11) is 0. The third kappa shape index (κ3) is 8.26. The normalized spacial score (nSPS) is 12.1. The van der Waals surface area contributed by atoms with Crippen molar-refractivity contribution in [3.8, 4) is 0 Å². The third-order valence-electron chi connectivity index (χ3n) is 0.879. The van der Waals surface area contributed by atoms with Crippen LogP contribution in [-0.4, -0.2) is 34.9 Å². The summed E-state index contributed by atoms with van der Waals surface area (Å²) in [5.41, 5.74) is 0. The molecule has 0 aromatic carbocycles. The summed E-state index contributed by atoms with van der Waals surface area (Å²) in [6, 6.07) is 0. The molecule has 0 saturated heterocycles. The highest BCUT2D eigenvalue weighted by Crippen LogP contribution is 2.17. The number of hydrogen-bond acceptors (Lipinski definition) is 4. The van der Waals surface area contributed by atoms with Gasteiger partial charge in [-0.2, -0.15) is 0 Å². The Kier molecular flexibility index (Phi) is 8.73. The number of aliphatic hydroxyl groups is 2. The minimum absolute atomic E-state index is 0.221. The minimum atomic E-state index is 0.221. The van der Waals surface area contributed by atoms with E-state index in [0.717, 1.165) is 11.5 Å². The molecule has 0 aromatic rings. The van der Waals surface area contributed by atoms with Crippen molar-refractivity contribution < 1.29 is 10.2 Å². The Bertz CT molecular complexity index is 115. The number of hydrogen-bond donors (Lipinski definition) is 2. The molecule has 0 aromatic heterocycles. The predicted octanol–water partition coefficient (Wildman–Crippen LogP) is 1.30. The van der Waals surface area contributed by atoms with E-state index in [0.29, 0.717) is 0 Å². The van der Waals surface area contributed by atoms with E-state index in [2.05, 4.69) is 0 Å². The van der Waals surface area contributed by atoms with Gasteiger partial charge in [-0.05, 0) is 17.2 Å². The zero-order valence-corrected chi connectivity index (χ0v) is 8.25. The predicted molar refractivity (Wildman–Crippen MR) is 52.8 cm³/mol. The Hall–Kier alpha value is 0.360. The number of allylic oxidation sites excluding steroid dienone is 1. The molecule has 0 fully saturated rings. The molecule has 0 radical (unpaired) electrons. The maximum Gasteiger partial charge on any atom is 0.0525 e. The molecule has 0 saturated carbocycles. The molecule has 0 rings (SSSR count). The van der Waals surface area contributed by atoms with Crippen LogP contribution in [0.3, 0.4) is 0 Å². The van der Waals surface area contributed by atoms with Crippen molar-refractivity contribution in [2.24, 2.45) is 0 Å². The van der Waals surface area contributed by atoms with Gasteiger partial charge in [-0.3, -0.25) is 0 Å². The summed E-state index contributed by atoms with van der Waals surface area (Å²) in [6.45, 7) is 2.45. The fraction of sp³-hybridized carbons (Fsp3) is 0.714. The van der Waals surface area contributed by atoms with Crippen LogP contribution in [0.1, 0.15) is 6.92 Å². The van der Waals surface area contributed by atoms with Gasteiger partial charge in [0, 0.05) is 11.5 Å². The van der Waals surface area contributed by atoms with E-state index < -0.39 is 0 Å². The highest BCUT2D eigenvalue weighted by molar-refractivity contribution is 8.06. The monoisotopic (exact) mass is 194 g/mol. The molecule has 0 aliphatic rings. The second-order valence-corrected chi connectivity index (χ2v) is 4.21. The van der Waals surface area contributed by atoms with Crippen molar-refractivity contribution in [3.05, 3.63) is 10.3 Å². The van der Waals surface area contributed by atoms with E-state index in [1.165, 1.54) is 4.91 Å². The Balaban J connectivity index is 3.30. The van der Waals surface area contributed by atoms with E-state index in [1.807, 2.05) is 12.3 Å². The smallest absolute Gasteiger partial charge is 0.0525 e. The molecule has 0 amide bonds. The fourth-order valence-electron chi connectivity index (χ4n) is 0.470. The van der Waals surface area contributed by atoms with E-state index in [9.17, 15) is 0 Å². The molecule has 0 heterocycles. The van der Waals surface area contributed by atoms with Crippen molar-refractivity contribution in [2.45, 2.75) is 6.92 Å². The van der Waals surface area contributed by atoms with Crippen LogP contribution in [0, 0.1) is 0 Å². The lowest BCUT2D eigenvalue weighted by molar-refractivity contribution is 0.322. The van der Waals surface area contributed by atoms with Crippen LogP contribution in [0.25, 0.3) is 0 Å². The first-order valence-electron chi connectivity index (χ1n) is 3.44. The van der Waals surface area contributed by atoms with E-state index in [1.54, 1.807) is 23.5 Å². The zero-order chi connectivity index (χ0) is 8.53. The molecule has 66 valence electrons. The Morgan fingerprint density at radius 3 is 2.45 bits per heavy atom. The van der Waals surface area contributed by atoms with Gasteiger partial charge in [0.1, 0.15) is 0 Å². The minimum Gasteiger partial charge on any atom is -0.396 e. The SMILES string of the molecule is C/C(=C\SCCO)SCCO. The van der Waals surface area contributed by atoms with Crippen LogP contribution in [0.5, 0.6) is 0 Å². The van der Waals surface area contributed by atoms with Gasteiger partial charge >= 0.3 is 0 Å². The second kappa shape index (κ2) is 8.46. The molecule has 2 N–H and O–H groups in total. The largest absolute Gasteiger partial charge is 0.396 e. The molecule has 0 spiro atoms. The lowest BCUT2D eigenvalue weighted by Crippen LogP contribution is -1.85. The molecule has 0 bridgehead atoms. The summed E-state index contributed by atoms with van der Waals surface area (Å²) < 4.78 is 0. The number of rotatable bonds is 6. The summed E-state index contributed by atoms with van der Waals surface area (Å²) in [4.78, 5) is 1.19. The fourth-order valence-corrected chi connectivity index (χ4v) is 1.82. The molecular formula is C7H14O2S2.